The molecule has 112 valence electrons. The van der Waals surface area contributed by atoms with Crippen LogP contribution in [0, 0.1) is 5.92 Å². The summed E-state index contributed by atoms with van der Waals surface area (Å²) < 4.78 is 0. The number of carbonyl (C=O) groups is 1. The molecular formula is C15H24N2O3. The van der Waals surface area contributed by atoms with Crippen molar-refractivity contribution in [2.45, 2.75) is 62.3 Å². The highest BCUT2D eigenvalue weighted by atomic mass is 16.3. The monoisotopic (exact) mass is 280 g/mol. The molecule has 0 saturated carbocycles. The fourth-order valence-corrected chi connectivity index (χ4v) is 5.31. The highest BCUT2D eigenvalue weighted by molar-refractivity contribution is 5.77. The van der Waals surface area contributed by atoms with Gasteiger partial charge in [-0.05, 0) is 38.6 Å². The zero-order chi connectivity index (χ0) is 13.9. The van der Waals surface area contributed by atoms with Gasteiger partial charge < -0.3 is 15.1 Å². The fraction of sp³-hybridized carbons (Fsp3) is 0.933. The lowest BCUT2D eigenvalue weighted by Crippen LogP contribution is -2.75. The van der Waals surface area contributed by atoms with Gasteiger partial charge in [0.05, 0.1) is 18.2 Å². The van der Waals surface area contributed by atoms with Gasteiger partial charge in [0.2, 0.25) is 5.91 Å². The van der Waals surface area contributed by atoms with Crippen LogP contribution in [0.4, 0.5) is 0 Å². The first-order chi connectivity index (χ1) is 9.58. The summed E-state index contributed by atoms with van der Waals surface area (Å²) in [5.74, 6) is 0.437. The first-order valence-corrected chi connectivity index (χ1v) is 8.02. The molecule has 4 saturated heterocycles. The smallest absolute Gasteiger partial charge is 0.222 e. The van der Waals surface area contributed by atoms with Crippen LogP contribution in [0.5, 0.6) is 0 Å². The predicted molar refractivity (Wildman–Crippen MR) is 73.0 cm³/mol. The van der Waals surface area contributed by atoms with Crippen LogP contribution in [0.1, 0.15) is 38.5 Å². The van der Waals surface area contributed by atoms with Gasteiger partial charge in [-0.3, -0.25) is 9.69 Å². The molecule has 5 heteroatoms. The summed E-state index contributed by atoms with van der Waals surface area (Å²) in [6.07, 6.45) is 4.78. The van der Waals surface area contributed by atoms with E-state index in [1.54, 1.807) is 0 Å². The molecule has 0 aliphatic carbocycles. The molecule has 0 aromatic carbocycles. The maximum atomic E-state index is 12.2. The van der Waals surface area contributed by atoms with Crippen molar-refractivity contribution in [2.24, 2.45) is 5.92 Å². The van der Waals surface area contributed by atoms with Crippen LogP contribution >= 0.6 is 0 Å². The van der Waals surface area contributed by atoms with Crippen LogP contribution in [-0.4, -0.2) is 69.3 Å². The van der Waals surface area contributed by atoms with Gasteiger partial charge in [0, 0.05) is 31.0 Å². The SMILES string of the molecule is O=C1CCC[C@@H]2[C@@H]3C[C@H](O)CN4CCC[C@@](O)(CN12)[C@@H]34. The van der Waals surface area contributed by atoms with E-state index in [9.17, 15) is 15.0 Å². The molecule has 20 heavy (non-hydrogen) atoms. The number of piperidine rings is 4. The molecule has 0 aromatic heterocycles. The molecule has 0 spiro atoms. The lowest BCUT2D eigenvalue weighted by atomic mass is 9.65. The molecule has 0 bridgehead atoms. The van der Waals surface area contributed by atoms with Crippen molar-refractivity contribution >= 4 is 5.91 Å². The number of aliphatic hydroxyl groups excluding tert-OH is 1. The van der Waals surface area contributed by atoms with Crippen molar-refractivity contribution in [1.82, 2.24) is 9.80 Å². The predicted octanol–water partition coefficient (Wildman–Crippen LogP) is -0.0426. The van der Waals surface area contributed by atoms with Crippen molar-refractivity contribution in [3.63, 3.8) is 0 Å². The number of carbonyl (C=O) groups excluding carboxylic acids is 1. The quantitative estimate of drug-likeness (QED) is 0.653. The molecule has 2 N–H and O–H groups in total. The first-order valence-electron chi connectivity index (χ1n) is 8.02. The number of fused-ring (bicyclic) bond motifs is 2. The van der Waals surface area contributed by atoms with Crippen molar-refractivity contribution in [1.29, 1.82) is 0 Å². The first kappa shape index (κ1) is 13.0. The van der Waals surface area contributed by atoms with E-state index >= 15 is 0 Å². The number of aliphatic hydroxyl groups is 2. The van der Waals surface area contributed by atoms with Crippen LogP contribution in [0.15, 0.2) is 0 Å². The zero-order valence-electron chi connectivity index (χ0n) is 11.9. The number of hydrogen-bond donors (Lipinski definition) is 2. The van der Waals surface area contributed by atoms with Crippen molar-refractivity contribution in [3.8, 4) is 0 Å². The van der Waals surface area contributed by atoms with Gasteiger partial charge in [-0.25, -0.2) is 0 Å². The average Bonchev–Trinajstić information content (AvgIpc) is 2.39. The highest BCUT2D eigenvalue weighted by Crippen LogP contribution is 2.46. The average molecular weight is 280 g/mol. The highest BCUT2D eigenvalue weighted by Gasteiger charge is 2.58. The third-order valence-corrected chi connectivity index (χ3v) is 5.94. The molecule has 0 radical (unpaired) electrons. The van der Waals surface area contributed by atoms with Crippen molar-refractivity contribution < 1.29 is 15.0 Å². The second kappa shape index (κ2) is 4.42. The van der Waals surface area contributed by atoms with Gasteiger partial charge in [-0.2, -0.15) is 0 Å². The molecule has 4 fully saturated rings. The Morgan fingerprint density at radius 3 is 3.00 bits per heavy atom. The molecule has 0 unspecified atom stereocenters. The number of rotatable bonds is 0. The van der Waals surface area contributed by atoms with Gasteiger partial charge in [0.1, 0.15) is 0 Å². The Hall–Kier alpha value is -0.650. The van der Waals surface area contributed by atoms with Crippen LogP contribution in [0.3, 0.4) is 0 Å². The lowest BCUT2D eigenvalue weighted by Gasteiger charge is -2.62. The Kier molecular flexibility index (Phi) is 2.88. The molecule has 0 aromatic rings. The number of amides is 1. The molecular weight excluding hydrogens is 256 g/mol. The zero-order valence-corrected chi connectivity index (χ0v) is 11.9. The van der Waals surface area contributed by atoms with E-state index in [4.69, 9.17) is 0 Å². The summed E-state index contributed by atoms with van der Waals surface area (Å²) in [7, 11) is 0. The Balaban J connectivity index is 1.72. The summed E-state index contributed by atoms with van der Waals surface area (Å²) in [5.41, 5.74) is -0.757. The molecule has 4 rings (SSSR count). The second-order valence-corrected chi connectivity index (χ2v) is 7.18. The van der Waals surface area contributed by atoms with E-state index in [2.05, 4.69) is 4.90 Å². The maximum Gasteiger partial charge on any atom is 0.222 e. The second-order valence-electron chi connectivity index (χ2n) is 7.18. The minimum atomic E-state index is -0.757. The summed E-state index contributed by atoms with van der Waals surface area (Å²) in [4.78, 5) is 16.5. The summed E-state index contributed by atoms with van der Waals surface area (Å²) in [5, 5.41) is 21.3. The van der Waals surface area contributed by atoms with Gasteiger partial charge in [0.25, 0.3) is 0 Å². The number of nitrogens with zero attached hydrogens (tertiary/aromatic N) is 2. The third-order valence-electron chi connectivity index (χ3n) is 5.94. The summed E-state index contributed by atoms with van der Waals surface area (Å²) in [6.45, 7) is 2.16. The van der Waals surface area contributed by atoms with Crippen LogP contribution < -0.4 is 0 Å². The summed E-state index contributed by atoms with van der Waals surface area (Å²) in [6, 6.07) is 0.379. The van der Waals surface area contributed by atoms with Crippen LogP contribution in [-0.2, 0) is 4.79 Å². The minimum absolute atomic E-state index is 0.145. The molecule has 4 aliphatic rings. The largest absolute Gasteiger partial charge is 0.392 e. The lowest BCUT2D eigenvalue weighted by molar-refractivity contribution is -0.200. The van der Waals surface area contributed by atoms with E-state index in [-0.39, 0.29) is 30.0 Å². The van der Waals surface area contributed by atoms with Crippen molar-refractivity contribution in [2.75, 3.05) is 19.6 Å². The Morgan fingerprint density at radius 2 is 2.15 bits per heavy atom. The standard InChI is InChI=1S/C15H24N2O3/c18-10-7-11-12-3-1-4-13(19)17(12)9-15(20)5-2-6-16(8-10)14(11)15/h10-12,14,18,20H,1-9H2/t10-,11-,12+,14+,15+/m0/s1. The van der Waals surface area contributed by atoms with Crippen LogP contribution in [0.25, 0.3) is 0 Å². The molecule has 1 amide bonds. The fourth-order valence-electron chi connectivity index (χ4n) is 5.31. The van der Waals surface area contributed by atoms with E-state index in [0.717, 1.165) is 38.6 Å². The third kappa shape index (κ3) is 1.76. The maximum absolute atomic E-state index is 12.2. The Morgan fingerprint density at radius 1 is 1.30 bits per heavy atom. The van der Waals surface area contributed by atoms with Crippen molar-refractivity contribution in [3.05, 3.63) is 0 Å². The van der Waals surface area contributed by atoms with Gasteiger partial charge >= 0.3 is 0 Å². The topological polar surface area (TPSA) is 64.0 Å². The minimum Gasteiger partial charge on any atom is -0.392 e. The van der Waals surface area contributed by atoms with Crippen LogP contribution in [0.2, 0.25) is 0 Å². The number of hydrogen-bond acceptors (Lipinski definition) is 4. The molecule has 4 aliphatic heterocycles. The summed E-state index contributed by atoms with van der Waals surface area (Å²) >= 11 is 0. The van der Waals surface area contributed by atoms with E-state index in [0.29, 0.717) is 19.5 Å². The Bertz CT molecular complexity index is 429. The van der Waals surface area contributed by atoms with Gasteiger partial charge in [-0.1, -0.05) is 0 Å². The van der Waals surface area contributed by atoms with E-state index < -0.39 is 5.60 Å². The van der Waals surface area contributed by atoms with E-state index in [1.165, 1.54) is 0 Å². The van der Waals surface area contributed by atoms with Gasteiger partial charge in [0.15, 0.2) is 0 Å². The van der Waals surface area contributed by atoms with Gasteiger partial charge in [-0.15, -0.1) is 0 Å². The Labute approximate surface area is 119 Å². The van der Waals surface area contributed by atoms with E-state index in [1.807, 2.05) is 4.90 Å². The molecule has 4 heterocycles. The normalized spacial score (nSPS) is 48.7. The molecule has 5 atom stereocenters. The molecule has 5 nitrogen and oxygen atoms in total.